The predicted octanol–water partition coefficient (Wildman–Crippen LogP) is 2.38. The third-order valence-corrected chi connectivity index (χ3v) is 5.60. The van der Waals surface area contributed by atoms with E-state index in [0.717, 1.165) is 19.3 Å². The van der Waals surface area contributed by atoms with Gasteiger partial charge in [-0.05, 0) is 37.1 Å². The van der Waals surface area contributed by atoms with Crippen molar-refractivity contribution in [1.29, 1.82) is 0 Å². The second-order valence-electron chi connectivity index (χ2n) is 7.58. The van der Waals surface area contributed by atoms with Crippen LogP contribution in [0.3, 0.4) is 0 Å². The molecule has 1 saturated carbocycles. The van der Waals surface area contributed by atoms with Crippen molar-refractivity contribution >= 4 is 23.4 Å². The van der Waals surface area contributed by atoms with E-state index in [2.05, 4.69) is 5.32 Å². The maximum absolute atomic E-state index is 12.5. The molecule has 8 heteroatoms. The summed E-state index contributed by atoms with van der Waals surface area (Å²) in [5, 5.41) is 2.72. The lowest BCUT2D eigenvalue weighted by Crippen LogP contribution is -2.53. The Morgan fingerprint density at radius 3 is 2.47 bits per heavy atom. The number of carbonyl (C=O) groups excluding carboxylic acids is 3. The Hall–Kier alpha value is -3.29. The van der Waals surface area contributed by atoms with E-state index in [1.165, 1.54) is 6.26 Å². The summed E-state index contributed by atoms with van der Waals surface area (Å²) >= 11 is 0. The van der Waals surface area contributed by atoms with Crippen LogP contribution in [-0.4, -0.2) is 60.3 Å². The quantitative estimate of drug-likeness (QED) is 0.788. The predicted molar refractivity (Wildman–Crippen MR) is 109 cm³/mol. The van der Waals surface area contributed by atoms with Crippen LogP contribution in [-0.2, 0) is 9.59 Å². The molecule has 8 nitrogen and oxygen atoms in total. The van der Waals surface area contributed by atoms with Gasteiger partial charge in [0.15, 0.2) is 12.4 Å². The third-order valence-electron chi connectivity index (χ3n) is 5.60. The Morgan fingerprint density at radius 2 is 1.80 bits per heavy atom. The summed E-state index contributed by atoms with van der Waals surface area (Å²) in [5.41, 5.74) is 0.546. The molecule has 30 heavy (non-hydrogen) atoms. The van der Waals surface area contributed by atoms with E-state index < -0.39 is 0 Å². The number of benzene rings is 1. The smallest absolute Gasteiger partial charge is 0.291 e. The van der Waals surface area contributed by atoms with Gasteiger partial charge in [0.1, 0.15) is 5.75 Å². The van der Waals surface area contributed by atoms with Crippen molar-refractivity contribution in [2.45, 2.75) is 19.3 Å². The van der Waals surface area contributed by atoms with Gasteiger partial charge in [-0.1, -0.05) is 12.5 Å². The fourth-order valence-corrected chi connectivity index (χ4v) is 3.59. The maximum Gasteiger partial charge on any atom is 0.291 e. The maximum atomic E-state index is 12.5. The number of carbonyl (C=O) groups is 3. The fourth-order valence-electron chi connectivity index (χ4n) is 3.59. The first-order valence-electron chi connectivity index (χ1n) is 10.2. The molecular formula is C22H25N3O5. The van der Waals surface area contributed by atoms with Gasteiger partial charge in [0.2, 0.25) is 5.91 Å². The highest BCUT2D eigenvalue weighted by Crippen LogP contribution is 2.28. The topological polar surface area (TPSA) is 92.1 Å². The van der Waals surface area contributed by atoms with Gasteiger partial charge in [-0.3, -0.25) is 14.4 Å². The molecule has 0 radical (unpaired) electrons. The summed E-state index contributed by atoms with van der Waals surface area (Å²) in [6, 6.07) is 10.1. The first kappa shape index (κ1) is 20.0. The summed E-state index contributed by atoms with van der Waals surface area (Å²) in [6.45, 7) is 2.12. The molecule has 4 rings (SSSR count). The lowest BCUT2D eigenvalue weighted by molar-refractivity contribution is -0.144. The summed E-state index contributed by atoms with van der Waals surface area (Å²) < 4.78 is 10.7. The Bertz CT molecular complexity index is 899. The van der Waals surface area contributed by atoms with Gasteiger partial charge in [0.05, 0.1) is 6.26 Å². The largest absolute Gasteiger partial charge is 0.484 e. The van der Waals surface area contributed by atoms with E-state index in [1.807, 2.05) is 4.90 Å². The van der Waals surface area contributed by atoms with Crippen LogP contribution in [0.4, 0.5) is 5.69 Å². The standard InChI is InChI=1S/C22H25N3O5/c26-20(24-9-11-25(12-10-24)22(28)16-4-1-5-16)15-30-18-7-2-6-17(14-18)23-21(27)19-8-3-13-29-19/h2-3,6-8,13-14,16H,1,4-5,9-12,15H2,(H,23,27). The number of ether oxygens (including phenoxy) is 1. The van der Waals surface area contributed by atoms with E-state index in [1.54, 1.807) is 41.3 Å². The zero-order valence-electron chi connectivity index (χ0n) is 16.7. The average molecular weight is 411 g/mol. The molecule has 1 N–H and O–H groups in total. The first-order chi connectivity index (χ1) is 14.6. The SMILES string of the molecule is O=C(Nc1cccc(OCC(=O)N2CCN(C(=O)C3CCC3)CC2)c1)c1ccco1. The summed E-state index contributed by atoms with van der Waals surface area (Å²) in [6.07, 6.45) is 4.56. The van der Waals surface area contributed by atoms with E-state index in [9.17, 15) is 14.4 Å². The van der Waals surface area contributed by atoms with Crippen molar-refractivity contribution in [2.24, 2.45) is 5.92 Å². The molecule has 2 aliphatic rings. The van der Waals surface area contributed by atoms with Gasteiger partial charge in [-0.25, -0.2) is 0 Å². The third kappa shape index (κ3) is 4.64. The minimum atomic E-state index is -0.359. The monoisotopic (exact) mass is 411 g/mol. The van der Waals surface area contributed by atoms with E-state index in [4.69, 9.17) is 9.15 Å². The van der Waals surface area contributed by atoms with Crippen LogP contribution in [0.15, 0.2) is 47.1 Å². The molecule has 1 aromatic heterocycles. The van der Waals surface area contributed by atoms with Crippen molar-refractivity contribution < 1.29 is 23.5 Å². The number of hydrogen-bond acceptors (Lipinski definition) is 5. The second-order valence-corrected chi connectivity index (χ2v) is 7.58. The highest BCUT2D eigenvalue weighted by molar-refractivity contribution is 6.02. The molecule has 0 unspecified atom stereocenters. The molecule has 1 aliphatic carbocycles. The lowest BCUT2D eigenvalue weighted by atomic mass is 9.84. The van der Waals surface area contributed by atoms with Gasteiger partial charge in [0, 0.05) is 43.9 Å². The molecule has 2 aromatic rings. The van der Waals surface area contributed by atoms with E-state index >= 15 is 0 Å². The van der Waals surface area contributed by atoms with Gasteiger partial charge in [-0.15, -0.1) is 0 Å². The van der Waals surface area contributed by atoms with Gasteiger partial charge in [0.25, 0.3) is 11.8 Å². The minimum Gasteiger partial charge on any atom is -0.484 e. The van der Waals surface area contributed by atoms with Crippen LogP contribution < -0.4 is 10.1 Å². The fraction of sp³-hybridized carbons (Fsp3) is 0.409. The van der Waals surface area contributed by atoms with Crippen LogP contribution in [0.25, 0.3) is 0 Å². The molecule has 0 spiro atoms. The number of hydrogen-bond donors (Lipinski definition) is 1. The molecule has 3 amide bonds. The summed E-state index contributed by atoms with van der Waals surface area (Å²) in [4.78, 5) is 40.5. The number of piperazine rings is 1. The molecule has 1 aliphatic heterocycles. The Kier molecular flexibility index (Phi) is 6.02. The lowest BCUT2D eigenvalue weighted by Gasteiger charge is -2.38. The van der Waals surface area contributed by atoms with E-state index in [0.29, 0.717) is 37.6 Å². The molecule has 1 saturated heterocycles. The molecule has 0 bridgehead atoms. The Morgan fingerprint density at radius 1 is 1.03 bits per heavy atom. The van der Waals surface area contributed by atoms with Crippen LogP contribution in [0.5, 0.6) is 5.75 Å². The average Bonchev–Trinajstić information content (AvgIpc) is 3.26. The van der Waals surface area contributed by atoms with Crippen molar-refractivity contribution in [3.63, 3.8) is 0 Å². The normalized spacial score (nSPS) is 16.7. The number of amides is 3. The second kappa shape index (κ2) is 9.02. The Balaban J connectivity index is 1.24. The van der Waals surface area contributed by atoms with Gasteiger partial charge >= 0.3 is 0 Å². The van der Waals surface area contributed by atoms with Crippen LogP contribution in [0.2, 0.25) is 0 Å². The number of rotatable bonds is 6. The Labute approximate surface area is 174 Å². The van der Waals surface area contributed by atoms with Crippen molar-refractivity contribution in [3.05, 3.63) is 48.4 Å². The first-order valence-corrected chi connectivity index (χ1v) is 10.2. The number of nitrogens with one attached hydrogen (secondary N) is 1. The number of anilines is 1. The minimum absolute atomic E-state index is 0.0911. The van der Waals surface area contributed by atoms with Crippen LogP contribution in [0, 0.1) is 5.92 Å². The van der Waals surface area contributed by atoms with Crippen molar-refractivity contribution in [2.75, 3.05) is 38.1 Å². The molecular weight excluding hydrogens is 386 g/mol. The highest BCUT2D eigenvalue weighted by Gasteiger charge is 2.32. The zero-order chi connectivity index (χ0) is 20.9. The zero-order valence-corrected chi connectivity index (χ0v) is 16.7. The van der Waals surface area contributed by atoms with Crippen LogP contribution in [0.1, 0.15) is 29.8 Å². The van der Waals surface area contributed by atoms with Gasteiger partial charge in [-0.2, -0.15) is 0 Å². The summed E-state index contributed by atoms with van der Waals surface area (Å²) in [7, 11) is 0. The van der Waals surface area contributed by atoms with Gasteiger partial charge < -0.3 is 24.3 Å². The number of nitrogens with zero attached hydrogens (tertiary/aromatic N) is 2. The molecule has 2 fully saturated rings. The van der Waals surface area contributed by atoms with Crippen molar-refractivity contribution in [1.82, 2.24) is 9.80 Å². The number of furan rings is 1. The molecule has 158 valence electrons. The van der Waals surface area contributed by atoms with Crippen molar-refractivity contribution in [3.8, 4) is 5.75 Å². The molecule has 1 aromatic carbocycles. The summed E-state index contributed by atoms with van der Waals surface area (Å²) in [5.74, 6) is 0.651. The van der Waals surface area contributed by atoms with Crippen LogP contribution >= 0.6 is 0 Å². The highest BCUT2D eigenvalue weighted by atomic mass is 16.5. The van der Waals surface area contributed by atoms with E-state index in [-0.39, 0.29) is 36.0 Å². The molecule has 2 heterocycles. The molecule has 0 atom stereocenters.